The number of carboxylic acid groups (broad SMARTS) is 1. The highest BCUT2D eigenvalue weighted by molar-refractivity contribution is 5.76. The summed E-state index contributed by atoms with van der Waals surface area (Å²) in [5, 5.41) is 11.1. The van der Waals surface area contributed by atoms with Gasteiger partial charge in [0.1, 0.15) is 5.75 Å². The molecular weight excluding hydrogens is 258 g/mol. The highest BCUT2D eigenvalue weighted by Gasteiger charge is 2.05. The maximum Gasteiger partial charge on any atom is 0.303 e. The van der Waals surface area contributed by atoms with Gasteiger partial charge in [0, 0.05) is 13.0 Å². The molecule has 0 aliphatic rings. The average molecular weight is 279 g/mol. The van der Waals surface area contributed by atoms with E-state index < -0.39 is 5.97 Å². The summed E-state index contributed by atoms with van der Waals surface area (Å²) in [6.07, 6.45) is 0.776. The molecule has 1 rings (SSSR count). The second-order valence-electron chi connectivity index (χ2n) is 4.64. The molecule has 1 aromatic carbocycles. The van der Waals surface area contributed by atoms with Crippen LogP contribution in [0.25, 0.3) is 0 Å². The monoisotopic (exact) mass is 279 g/mol. The Bertz CT molecular complexity index is 471. The lowest BCUT2D eigenvalue weighted by molar-refractivity contribution is -0.137. The van der Waals surface area contributed by atoms with Gasteiger partial charge in [0.05, 0.1) is 13.0 Å². The summed E-state index contributed by atoms with van der Waals surface area (Å²) >= 11 is 0. The van der Waals surface area contributed by atoms with Crippen molar-refractivity contribution in [2.24, 2.45) is 0 Å². The van der Waals surface area contributed by atoms with Crippen LogP contribution in [0.15, 0.2) is 18.2 Å². The van der Waals surface area contributed by atoms with Gasteiger partial charge in [0.25, 0.3) is 0 Å². The maximum atomic E-state index is 11.5. The fourth-order valence-corrected chi connectivity index (χ4v) is 1.69. The summed E-state index contributed by atoms with van der Waals surface area (Å²) in [6.45, 7) is 4.69. The van der Waals surface area contributed by atoms with Crippen LogP contribution in [0.3, 0.4) is 0 Å². The van der Waals surface area contributed by atoms with E-state index in [4.69, 9.17) is 9.84 Å². The molecule has 0 atom stereocenters. The number of rotatable bonds is 8. The summed E-state index contributed by atoms with van der Waals surface area (Å²) in [5.74, 6) is -0.179. The Kier molecular flexibility index (Phi) is 6.56. The Morgan fingerprint density at radius 2 is 2.00 bits per heavy atom. The molecule has 0 fully saturated rings. The van der Waals surface area contributed by atoms with Crippen molar-refractivity contribution in [3.63, 3.8) is 0 Å². The molecule has 1 amide bonds. The van der Waals surface area contributed by atoms with Crippen LogP contribution in [0.1, 0.15) is 30.4 Å². The molecule has 0 saturated heterocycles. The summed E-state index contributed by atoms with van der Waals surface area (Å²) in [4.78, 5) is 21.8. The second-order valence-corrected chi connectivity index (χ2v) is 4.64. The quantitative estimate of drug-likeness (QED) is 0.714. The molecule has 20 heavy (non-hydrogen) atoms. The van der Waals surface area contributed by atoms with Crippen LogP contribution in [-0.2, 0) is 9.59 Å². The first-order valence-electron chi connectivity index (χ1n) is 6.68. The van der Waals surface area contributed by atoms with Crippen LogP contribution < -0.4 is 10.1 Å². The SMILES string of the molecule is Cc1cccc(OCCC(=O)NCCCC(=O)O)c1C. The van der Waals surface area contributed by atoms with E-state index in [1.807, 2.05) is 32.0 Å². The lowest BCUT2D eigenvalue weighted by Crippen LogP contribution is -2.26. The van der Waals surface area contributed by atoms with E-state index in [1.54, 1.807) is 0 Å². The van der Waals surface area contributed by atoms with Crippen molar-refractivity contribution in [2.45, 2.75) is 33.1 Å². The molecule has 0 bridgehead atoms. The fraction of sp³-hybridized carbons (Fsp3) is 0.467. The van der Waals surface area contributed by atoms with Crippen LogP contribution in [0.2, 0.25) is 0 Å². The van der Waals surface area contributed by atoms with E-state index in [1.165, 1.54) is 0 Å². The third kappa shape index (κ3) is 5.73. The third-order valence-corrected chi connectivity index (χ3v) is 3.03. The molecule has 0 aliphatic heterocycles. The zero-order valence-electron chi connectivity index (χ0n) is 11.9. The number of carbonyl (C=O) groups excluding carboxylic acids is 1. The number of ether oxygens (including phenoxy) is 1. The van der Waals surface area contributed by atoms with Gasteiger partial charge < -0.3 is 15.2 Å². The number of hydrogen-bond donors (Lipinski definition) is 2. The van der Waals surface area contributed by atoms with E-state index >= 15 is 0 Å². The molecule has 0 aliphatic carbocycles. The summed E-state index contributed by atoms with van der Waals surface area (Å²) in [6, 6.07) is 5.81. The van der Waals surface area contributed by atoms with E-state index in [0.717, 1.165) is 16.9 Å². The maximum absolute atomic E-state index is 11.5. The zero-order chi connectivity index (χ0) is 15.0. The van der Waals surface area contributed by atoms with Gasteiger partial charge in [0.15, 0.2) is 0 Å². The highest BCUT2D eigenvalue weighted by Crippen LogP contribution is 2.20. The number of benzene rings is 1. The fourth-order valence-electron chi connectivity index (χ4n) is 1.69. The predicted octanol–water partition coefficient (Wildman–Crippen LogP) is 2.05. The van der Waals surface area contributed by atoms with Crippen molar-refractivity contribution in [3.8, 4) is 5.75 Å². The minimum absolute atomic E-state index is 0.0687. The Labute approximate surface area is 118 Å². The third-order valence-electron chi connectivity index (χ3n) is 3.03. The van der Waals surface area contributed by atoms with Crippen molar-refractivity contribution in [1.29, 1.82) is 0 Å². The normalized spacial score (nSPS) is 10.1. The molecular formula is C15H21NO4. The zero-order valence-corrected chi connectivity index (χ0v) is 11.9. The lowest BCUT2D eigenvalue weighted by atomic mass is 10.1. The van der Waals surface area contributed by atoms with E-state index in [0.29, 0.717) is 19.6 Å². The minimum atomic E-state index is -0.850. The van der Waals surface area contributed by atoms with Gasteiger partial charge in [-0.1, -0.05) is 12.1 Å². The Morgan fingerprint density at radius 3 is 2.70 bits per heavy atom. The summed E-state index contributed by atoms with van der Waals surface area (Å²) in [7, 11) is 0. The van der Waals surface area contributed by atoms with Gasteiger partial charge in [0.2, 0.25) is 5.91 Å². The molecule has 0 aromatic heterocycles. The molecule has 0 heterocycles. The van der Waals surface area contributed by atoms with E-state index in [-0.39, 0.29) is 18.7 Å². The molecule has 2 N–H and O–H groups in total. The number of carboxylic acids is 1. The van der Waals surface area contributed by atoms with Crippen LogP contribution in [-0.4, -0.2) is 30.1 Å². The smallest absolute Gasteiger partial charge is 0.303 e. The molecule has 0 spiro atoms. The van der Waals surface area contributed by atoms with Crippen LogP contribution >= 0.6 is 0 Å². The van der Waals surface area contributed by atoms with Gasteiger partial charge in [-0.15, -0.1) is 0 Å². The first-order valence-corrected chi connectivity index (χ1v) is 6.68. The standard InChI is InChI=1S/C15H21NO4/c1-11-5-3-6-13(12(11)2)20-10-8-14(17)16-9-4-7-15(18)19/h3,5-6H,4,7-10H2,1-2H3,(H,16,17)(H,18,19). The number of amides is 1. The molecule has 0 saturated carbocycles. The molecule has 5 heteroatoms. The molecule has 0 unspecified atom stereocenters. The Morgan fingerprint density at radius 1 is 1.25 bits per heavy atom. The first kappa shape index (κ1) is 16.0. The number of hydrogen-bond acceptors (Lipinski definition) is 3. The number of aryl methyl sites for hydroxylation is 1. The Balaban J connectivity index is 2.22. The van der Waals surface area contributed by atoms with Crippen molar-refractivity contribution in [1.82, 2.24) is 5.32 Å². The van der Waals surface area contributed by atoms with Crippen LogP contribution in [0, 0.1) is 13.8 Å². The summed E-state index contributed by atoms with van der Waals surface area (Å²) < 4.78 is 5.58. The van der Waals surface area contributed by atoms with Crippen LogP contribution in [0.4, 0.5) is 0 Å². The minimum Gasteiger partial charge on any atom is -0.493 e. The molecule has 5 nitrogen and oxygen atoms in total. The van der Waals surface area contributed by atoms with Crippen molar-refractivity contribution < 1.29 is 19.4 Å². The van der Waals surface area contributed by atoms with E-state index in [2.05, 4.69) is 5.32 Å². The van der Waals surface area contributed by atoms with Gasteiger partial charge >= 0.3 is 5.97 Å². The second kappa shape index (κ2) is 8.19. The van der Waals surface area contributed by atoms with E-state index in [9.17, 15) is 9.59 Å². The highest BCUT2D eigenvalue weighted by atomic mass is 16.5. The van der Waals surface area contributed by atoms with Crippen molar-refractivity contribution >= 4 is 11.9 Å². The van der Waals surface area contributed by atoms with Crippen molar-refractivity contribution in [2.75, 3.05) is 13.2 Å². The predicted molar refractivity (Wildman–Crippen MR) is 75.9 cm³/mol. The lowest BCUT2D eigenvalue weighted by Gasteiger charge is -2.10. The molecule has 1 aromatic rings. The number of aliphatic carboxylic acids is 1. The number of nitrogens with one attached hydrogen (secondary N) is 1. The van der Waals surface area contributed by atoms with Gasteiger partial charge in [-0.2, -0.15) is 0 Å². The van der Waals surface area contributed by atoms with Gasteiger partial charge in [-0.05, 0) is 37.5 Å². The topological polar surface area (TPSA) is 75.6 Å². The van der Waals surface area contributed by atoms with Gasteiger partial charge in [-0.25, -0.2) is 0 Å². The number of carbonyl (C=O) groups is 2. The molecule has 0 radical (unpaired) electrons. The average Bonchev–Trinajstić information content (AvgIpc) is 2.39. The largest absolute Gasteiger partial charge is 0.493 e. The van der Waals surface area contributed by atoms with Crippen LogP contribution in [0.5, 0.6) is 5.75 Å². The Hall–Kier alpha value is -2.04. The first-order chi connectivity index (χ1) is 9.50. The summed E-state index contributed by atoms with van der Waals surface area (Å²) in [5.41, 5.74) is 2.23. The molecule has 110 valence electrons. The van der Waals surface area contributed by atoms with Crippen molar-refractivity contribution in [3.05, 3.63) is 29.3 Å². The van der Waals surface area contributed by atoms with Gasteiger partial charge in [-0.3, -0.25) is 9.59 Å².